The molecule has 7 nitrogen and oxygen atoms in total. The van der Waals surface area contributed by atoms with Gasteiger partial charge in [-0.05, 0) is 44.4 Å². The molecule has 24 heavy (non-hydrogen) atoms. The van der Waals surface area contributed by atoms with E-state index in [1.165, 1.54) is 15.3 Å². The molecule has 2 fully saturated rings. The first-order valence-corrected chi connectivity index (χ1v) is 9.52. The first kappa shape index (κ1) is 16.8. The molecule has 1 N–H and O–H groups in total. The third kappa shape index (κ3) is 2.64. The number of nitrogens with zero attached hydrogens (tertiary/aromatic N) is 2. The third-order valence-corrected chi connectivity index (χ3v) is 6.70. The molecule has 0 saturated carbocycles. The fourth-order valence-corrected chi connectivity index (χ4v) is 4.95. The van der Waals surface area contributed by atoms with Crippen molar-refractivity contribution in [1.82, 2.24) is 4.90 Å². The van der Waals surface area contributed by atoms with Gasteiger partial charge in [-0.25, -0.2) is 13.2 Å². The molecule has 130 valence electrons. The van der Waals surface area contributed by atoms with Crippen molar-refractivity contribution in [1.29, 1.82) is 0 Å². The lowest BCUT2D eigenvalue weighted by Crippen LogP contribution is -2.50. The normalized spacial score (nSPS) is 25.9. The summed E-state index contributed by atoms with van der Waals surface area (Å²) < 4.78 is 25.4. The maximum absolute atomic E-state index is 12.8. The van der Waals surface area contributed by atoms with E-state index >= 15 is 0 Å². The van der Waals surface area contributed by atoms with Crippen molar-refractivity contribution in [2.24, 2.45) is 0 Å². The molecule has 0 radical (unpaired) electrons. The second kappa shape index (κ2) is 5.77. The fourth-order valence-electron chi connectivity index (χ4n) is 3.39. The van der Waals surface area contributed by atoms with Gasteiger partial charge in [0.2, 0.25) is 10.0 Å². The number of benzene rings is 1. The number of anilines is 1. The Morgan fingerprint density at radius 2 is 1.96 bits per heavy atom. The van der Waals surface area contributed by atoms with Crippen LogP contribution < -0.4 is 4.31 Å². The topological polar surface area (TPSA) is 95.0 Å². The lowest BCUT2D eigenvalue weighted by Gasteiger charge is -2.31. The number of carbonyl (C=O) groups is 2. The summed E-state index contributed by atoms with van der Waals surface area (Å²) in [6.45, 7) is 2.33. The van der Waals surface area contributed by atoms with Crippen LogP contribution in [-0.4, -0.2) is 54.7 Å². The molecule has 0 aliphatic carbocycles. The number of carbonyl (C=O) groups excluding carboxylic acids is 1. The molecule has 2 aliphatic rings. The molecule has 0 aromatic heterocycles. The smallest absolute Gasteiger partial charge is 0.329 e. The fraction of sp³-hybridized carbons (Fsp3) is 0.500. The first-order chi connectivity index (χ1) is 11.3. The predicted molar refractivity (Wildman–Crippen MR) is 88.5 cm³/mol. The second-order valence-electron chi connectivity index (χ2n) is 6.43. The number of rotatable bonds is 3. The van der Waals surface area contributed by atoms with Crippen molar-refractivity contribution >= 4 is 27.6 Å². The van der Waals surface area contributed by atoms with E-state index in [0.717, 1.165) is 0 Å². The minimum Gasteiger partial charge on any atom is -0.480 e. The summed E-state index contributed by atoms with van der Waals surface area (Å²) >= 11 is 0. The predicted octanol–water partition coefficient (Wildman–Crippen LogP) is 1.31. The molecule has 8 heteroatoms. The van der Waals surface area contributed by atoms with Crippen LogP contribution in [0.3, 0.4) is 0 Å². The van der Waals surface area contributed by atoms with Gasteiger partial charge in [0.25, 0.3) is 5.91 Å². The molecule has 2 saturated heterocycles. The van der Waals surface area contributed by atoms with Gasteiger partial charge in [0.1, 0.15) is 5.54 Å². The zero-order valence-electron chi connectivity index (χ0n) is 13.4. The summed E-state index contributed by atoms with van der Waals surface area (Å²) in [6.07, 6.45) is 1.60. The first-order valence-electron chi connectivity index (χ1n) is 7.91. The Labute approximate surface area is 140 Å². The van der Waals surface area contributed by atoms with Crippen LogP contribution in [-0.2, 0) is 14.8 Å². The molecule has 0 bridgehead atoms. The van der Waals surface area contributed by atoms with Gasteiger partial charge in [-0.3, -0.25) is 9.10 Å². The van der Waals surface area contributed by atoms with E-state index in [0.29, 0.717) is 43.6 Å². The van der Waals surface area contributed by atoms with Crippen LogP contribution in [0.2, 0.25) is 0 Å². The maximum Gasteiger partial charge on any atom is 0.329 e. The highest BCUT2D eigenvalue weighted by Gasteiger charge is 2.46. The van der Waals surface area contributed by atoms with Crippen LogP contribution in [0.5, 0.6) is 0 Å². The number of likely N-dealkylation sites (tertiary alicyclic amines) is 1. The summed E-state index contributed by atoms with van der Waals surface area (Å²) in [6, 6.07) is 6.41. The Hall–Kier alpha value is -2.09. The number of carboxylic acids is 1. The molecular formula is C16H20N2O5S. The largest absolute Gasteiger partial charge is 0.480 e. The van der Waals surface area contributed by atoms with Crippen LogP contribution >= 0.6 is 0 Å². The molecule has 3 rings (SSSR count). The summed E-state index contributed by atoms with van der Waals surface area (Å²) in [5, 5.41) is 9.45. The molecule has 1 amide bonds. The number of hydrogen-bond donors (Lipinski definition) is 1. The van der Waals surface area contributed by atoms with Crippen molar-refractivity contribution in [3.63, 3.8) is 0 Å². The van der Waals surface area contributed by atoms with Gasteiger partial charge in [-0.15, -0.1) is 0 Å². The quantitative estimate of drug-likeness (QED) is 0.885. The van der Waals surface area contributed by atoms with Gasteiger partial charge in [0.15, 0.2) is 0 Å². The van der Waals surface area contributed by atoms with Gasteiger partial charge in [-0.2, -0.15) is 0 Å². The highest BCUT2D eigenvalue weighted by atomic mass is 32.2. The van der Waals surface area contributed by atoms with Crippen molar-refractivity contribution in [2.75, 3.05) is 23.1 Å². The van der Waals surface area contributed by atoms with Crippen molar-refractivity contribution in [2.45, 2.75) is 31.7 Å². The van der Waals surface area contributed by atoms with E-state index in [1.54, 1.807) is 25.1 Å². The Morgan fingerprint density at radius 1 is 1.21 bits per heavy atom. The van der Waals surface area contributed by atoms with E-state index < -0.39 is 21.5 Å². The van der Waals surface area contributed by atoms with Gasteiger partial charge in [0.05, 0.1) is 11.4 Å². The van der Waals surface area contributed by atoms with E-state index in [2.05, 4.69) is 0 Å². The van der Waals surface area contributed by atoms with Crippen molar-refractivity contribution in [3.05, 3.63) is 29.8 Å². The van der Waals surface area contributed by atoms with E-state index in [1.807, 2.05) is 0 Å². The van der Waals surface area contributed by atoms with Crippen LogP contribution in [0, 0.1) is 0 Å². The van der Waals surface area contributed by atoms with Gasteiger partial charge in [0, 0.05) is 18.7 Å². The van der Waals surface area contributed by atoms with Crippen molar-refractivity contribution in [3.8, 4) is 0 Å². The lowest BCUT2D eigenvalue weighted by molar-refractivity contribution is -0.147. The minimum absolute atomic E-state index is 0.106. The lowest BCUT2D eigenvalue weighted by atomic mass is 9.98. The Balaban J connectivity index is 1.92. The third-order valence-electron chi connectivity index (χ3n) is 4.83. The standard InChI is InChI=1S/C16H20N2O5S/c1-16(15(20)21)7-3-8-17(16)14(19)12-5-2-6-13(11-12)18-9-4-10-24(18,22)23/h2,5-6,11H,3-4,7-10H2,1H3,(H,20,21). The second-order valence-corrected chi connectivity index (χ2v) is 8.44. The van der Waals surface area contributed by atoms with E-state index in [4.69, 9.17) is 0 Å². The number of aliphatic carboxylic acids is 1. The Kier molecular flexibility index (Phi) is 4.03. The van der Waals surface area contributed by atoms with Gasteiger partial charge >= 0.3 is 5.97 Å². The molecular weight excluding hydrogens is 332 g/mol. The average molecular weight is 352 g/mol. The minimum atomic E-state index is -3.32. The molecule has 1 aromatic rings. The molecule has 0 spiro atoms. The molecule has 2 aliphatic heterocycles. The van der Waals surface area contributed by atoms with E-state index in [-0.39, 0.29) is 11.7 Å². The van der Waals surface area contributed by atoms with Gasteiger partial charge in [-0.1, -0.05) is 6.07 Å². The molecule has 1 aromatic carbocycles. The molecule has 1 atom stereocenters. The zero-order chi connectivity index (χ0) is 17.5. The SMILES string of the molecule is CC1(C(=O)O)CCCN1C(=O)c1cccc(N2CCCS2(=O)=O)c1. The highest BCUT2D eigenvalue weighted by molar-refractivity contribution is 7.93. The number of sulfonamides is 1. The Bertz CT molecular complexity index is 791. The number of amides is 1. The monoisotopic (exact) mass is 352 g/mol. The van der Waals surface area contributed by atoms with Crippen molar-refractivity contribution < 1.29 is 23.1 Å². The molecule has 2 heterocycles. The van der Waals surface area contributed by atoms with Crippen LogP contribution in [0.4, 0.5) is 5.69 Å². The molecule has 1 unspecified atom stereocenters. The summed E-state index contributed by atoms with van der Waals surface area (Å²) in [5.74, 6) is -1.29. The van der Waals surface area contributed by atoms with Crippen LogP contribution in [0.15, 0.2) is 24.3 Å². The highest BCUT2D eigenvalue weighted by Crippen LogP contribution is 2.32. The van der Waals surface area contributed by atoms with Gasteiger partial charge < -0.3 is 10.0 Å². The zero-order valence-corrected chi connectivity index (χ0v) is 14.3. The summed E-state index contributed by atoms with van der Waals surface area (Å²) in [7, 11) is -3.32. The van der Waals surface area contributed by atoms with Crippen LogP contribution in [0.25, 0.3) is 0 Å². The number of carboxylic acid groups (broad SMARTS) is 1. The van der Waals surface area contributed by atoms with Crippen LogP contribution in [0.1, 0.15) is 36.5 Å². The maximum atomic E-state index is 12.8. The summed E-state index contributed by atoms with van der Waals surface area (Å²) in [5.41, 5.74) is -0.453. The number of hydrogen-bond acceptors (Lipinski definition) is 4. The Morgan fingerprint density at radius 3 is 2.58 bits per heavy atom. The van der Waals surface area contributed by atoms with E-state index in [9.17, 15) is 23.1 Å². The average Bonchev–Trinajstić information content (AvgIpc) is 3.10. The summed E-state index contributed by atoms with van der Waals surface area (Å²) in [4.78, 5) is 25.7.